The van der Waals surface area contributed by atoms with Gasteiger partial charge in [0.15, 0.2) is 11.6 Å². The van der Waals surface area contributed by atoms with E-state index in [9.17, 15) is 0 Å². The molecule has 0 unspecified atom stereocenters. The van der Waals surface area contributed by atoms with Crippen LogP contribution in [0.15, 0.2) is 42.5 Å². The minimum atomic E-state index is 0.447. The summed E-state index contributed by atoms with van der Waals surface area (Å²) in [7, 11) is 0. The standard InChI is InChI=1S/C21H19Cl2N5/c1-12-4-6-15(7-5-12)11-24-20-21(28-14(3)8-13(2)27-28)26-19-10-17(23)16(22)9-18(19)25-20/h4-10H,11H2,1-3H3,(H,24,25). The lowest BCUT2D eigenvalue weighted by molar-refractivity contribution is 0.805. The molecule has 4 rings (SSSR count). The van der Waals surface area contributed by atoms with E-state index in [4.69, 9.17) is 33.2 Å². The number of aryl methyl sites for hydroxylation is 3. The van der Waals surface area contributed by atoms with E-state index >= 15 is 0 Å². The molecule has 2 heterocycles. The van der Waals surface area contributed by atoms with Crippen molar-refractivity contribution < 1.29 is 0 Å². The molecule has 0 atom stereocenters. The van der Waals surface area contributed by atoms with Crippen molar-refractivity contribution in [3.8, 4) is 5.82 Å². The minimum Gasteiger partial charge on any atom is -0.363 e. The summed E-state index contributed by atoms with van der Waals surface area (Å²) in [6, 6.07) is 13.8. The van der Waals surface area contributed by atoms with E-state index in [1.54, 1.807) is 16.8 Å². The summed E-state index contributed by atoms with van der Waals surface area (Å²) in [5, 5.41) is 8.87. The zero-order chi connectivity index (χ0) is 19.8. The summed E-state index contributed by atoms with van der Waals surface area (Å²) >= 11 is 12.4. The lowest BCUT2D eigenvalue weighted by Gasteiger charge is -2.13. The third-order valence-electron chi connectivity index (χ3n) is 4.48. The van der Waals surface area contributed by atoms with Crippen molar-refractivity contribution in [3.05, 3.63) is 75.0 Å². The summed E-state index contributed by atoms with van der Waals surface area (Å²) in [6.45, 7) is 6.63. The quantitative estimate of drug-likeness (QED) is 0.470. The lowest BCUT2D eigenvalue weighted by atomic mass is 10.1. The zero-order valence-corrected chi connectivity index (χ0v) is 17.3. The van der Waals surface area contributed by atoms with E-state index in [1.165, 1.54) is 5.56 Å². The van der Waals surface area contributed by atoms with Gasteiger partial charge in [-0.05, 0) is 44.5 Å². The molecular formula is C21H19Cl2N5. The van der Waals surface area contributed by atoms with Gasteiger partial charge in [0.05, 0.1) is 26.8 Å². The van der Waals surface area contributed by atoms with Gasteiger partial charge in [-0.3, -0.25) is 0 Å². The second kappa shape index (κ2) is 7.41. The number of rotatable bonds is 4. The maximum absolute atomic E-state index is 6.18. The number of nitrogens with zero attached hydrogens (tertiary/aromatic N) is 4. The first kappa shape index (κ1) is 18.7. The average molecular weight is 412 g/mol. The van der Waals surface area contributed by atoms with Crippen molar-refractivity contribution in [2.24, 2.45) is 0 Å². The number of fused-ring (bicyclic) bond motifs is 1. The molecule has 0 saturated heterocycles. The molecule has 0 amide bonds. The van der Waals surface area contributed by atoms with Gasteiger partial charge >= 0.3 is 0 Å². The normalized spacial score (nSPS) is 11.2. The number of nitrogens with one attached hydrogen (secondary N) is 1. The summed E-state index contributed by atoms with van der Waals surface area (Å²) in [5.74, 6) is 1.27. The predicted molar refractivity (Wildman–Crippen MR) is 115 cm³/mol. The van der Waals surface area contributed by atoms with Gasteiger partial charge in [-0.1, -0.05) is 53.0 Å². The molecule has 2 aromatic heterocycles. The maximum atomic E-state index is 6.18. The van der Waals surface area contributed by atoms with Crippen LogP contribution < -0.4 is 5.32 Å². The Kier molecular flexibility index (Phi) is 4.96. The molecule has 1 N–H and O–H groups in total. The number of aromatic nitrogens is 4. The molecule has 28 heavy (non-hydrogen) atoms. The Morgan fingerprint density at radius 3 is 2.14 bits per heavy atom. The average Bonchev–Trinajstić information content (AvgIpc) is 3.00. The molecule has 142 valence electrons. The predicted octanol–water partition coefficient (Wildman–Crippen LogP) is 5.66. The van der Waals surface area contributed by atoms with E-state index in [2.05, 4.69) is 41.6 Å². The molecule has 4 aromatic rings. The number of halogens is 2. The molecule has 0 spiro atoms. The Morgan fingerprint density at radius 2 is 1.54 bits per heavy atom. The van der Waals surface area contributed by atoms with Crippen LogP contribution in [-0.4, -0.2) is 19.7 Å². The van der Waals surface area contributed by atoms with Crippen molar-refractivity contribution in [2.45, 2.75) is 27.3 Å². The highest BCUT2D eigenvalue weighted by Gasteiger charge is 2.15. The first-order valence-corrected chi connectivity index (χ1v) is 9.66. The van der Waals surface area contributed by atoms with Gasteiger partial charge in [0.2, 0.25) is 0 Å². The molecule has 0 aliphatic rings. The summed E-state index contributed by atoms with van der Waals surface area (Å²) in [4.78, 5) is 9.54. The molecule has 5 nitrogen and oxygen atoms in total. The van der Waals surface area contributed by atoms with E-state index in [1.807, 2.05) is 19.9 Å². The number of hydrogen-bond acceptors (Lipinski definition) is 4. The van der Waals surface area contributed by atoms with Crippen LogP contribution in [0.4, 0.5) is 5.82 Å². The first-order valence-electron chi connectivity index (χ1n) is 8.90. The van der Waals surface area contributed by atoms with Crippen molar-refractivity contribution in [3.63, 3.8) is 0 Å². The van der Waals surface area contributed by atoms with Crippen LogP contribution in [0.25, 0.3) is 16.9 Å². The first-order chi connectivity index (χ1) is 13.4. The Balaban J connectivity index is 1.81. The zero-order valence-electron chi connectivity index (χ0n) is 15.8. The van der Waals surface area contributed by atoms with E-state index in [0.717, 1.165) is 17.0 Å². The smallest absolute Gasteiger partial charge is 0.197 e. The summed E-state index contributed by atoms with van der Waals surface area (Å²) in [6.07, 6.45) is 0. The fourth-order valence-corrected chi connectivity index (χ4v) is 3.36. The van der Waals surface area contributed by atoms with Crippen LogP contribution in [0.3, 0.4) is 0 Å². The van der Waals surface area contributed by atoms with Crippen LogP contribution in [0.5, 0.6) is 0 Å². The van der Waals surface area contributed by atoms with Crippen molar-refractivity contribution in [2.75, 3.05) is 5.32 Å². The topological polar surface area (TPSA) is 55.6 Å². The number of benzene rings is 2. The van der Waals surface area contributed by atoms with Gasteiger partial charge in [-0.15, -0.1) is 0 Å². The Hall–Kier alpha value is -2.63. The molecule has 0 saturated carbocycles. The van der Waals surface area contributed by atoms with Crippen LogP contribution >= 0.6 is 23.2 Å². The highest BCUT2D eigenvalue weighted by Crippen LogP contribution is 2.29. The van der Waals surface area contributed by atoms with Crippen LogP contribution in [-0.2, 0) is 6.54 Å². The van der Waals surface area contributed by atoms with Gasteiger partial charge in [0.1, 0.15) is 0 Å². The molecular weight excluding hydrogens is 393 g/mol. The van der Waals surface area contributed by atoms with Crippen LogP contribution in [0, 0.1) is 20.8 Å². The highest BCUT2D eigenvalue weighted by molar-refractivity contribution is 6.42. The molecule has 0 aliphatic heterocycles. The molecule has 2 aromatic carbocycles. The Morgan fingerprint density at radius 1 is 0.893 bits per heavy atom. The van der Waals surface area contributed by atoms with Gasteiger partial charge < -0.3 is 5.32 Å². The molecule has 0 fully saturated rings. The molecule has 0 aliphatic carbocycles. The fourth-order valence-electron chi connectivity index (χ4n) is 3.04. The second-order valence-corrected chi connectivity index (χ2v) is 7.64. The fraction of sp³-hybridized carbons (Fsp3) is 0.190. The lowest BCUT2D eigenvalue weighted by Crippen LogP contribution is -2.11. The van der Waals surface area contributed by atoms with E-state index in [-0.39, 0.29) is 0 Å². The Bertz CT molecular complexity index is 1170. The molecule has 0 bridgehead atoms. The van der Waals surface area contributed by atoms with Crippen LogP contribution in [0.1, 0.15) is 22.5 Å². The third kappa shape index (κ3) is 3.68. The third-order valence-corrected chi connectivity index (χ3v) is 5.20. The second-order valence-electron chi connectivity index (χ2n) is 6.83. The van der Waals surface area contributed by atoms with Gasteiger partial charge in [-0.25, -0.2) is 14.6 Å². The van der Waals surface area contributed by atoms with E-state index in [0.29, 0.717) is 39.3 Å². The van der Waals surface area contributed by atoms with Gasteiger partial charge in [0.25, 0.3) is 0 Å². The maximum Gasteiger partial charge on any atom is 0.197 e. The van der Waals surface area contributed by atoms with Gasteiger partial charge in [-0.2, -0.15) is 5.10 Å². The summed E-state index contributed by atoms with van der Waals surface area (Å²) in [5.41, 5.74) is 5.61. The largest absolute Gasteiger partial charge is 0.363 e. The van der Waals surface area contributed by atoms with Crippen molar-refractivity contribution in [1.29, 1.82) is 0 Å². The molecule has 0 radical (unpaired) electrons. The Labute approximate surface area is 173 Å². The SMILES string of the molecule is Cc1ccc(CNc2nc3cc(Cl)c(Cl)cc3nc2-n2nc(C)cc2C)cc1. The number of anilines is 1. The summed E-state index contributed by atoms with van der Waals surface area (Å²) < 4.78 is 1.79. The van der Waals surface area contributed by atoms with Crippen LogP contribution in [0.2, 0.25) is 10.0 Å². The van der Waals surface area contributed by atoms with Crippen molar-refractivity contribution >= 4 is 40.1 Å². The molecule has 7 heteroatoms. The minimum absolute atomic E-state index is 0.447. The monoisotopic (exact) mass is 411 g/mol. The van der Waals surface area contributed by atoms with Gasteiger partial charge in [0, 0.05) is 12.2 Å². The van der Waals surface area contributed by atoms with Crippen molar-refractivity contribution in [1.82, 2.24) is 19.7 Å². The number of hydrogen-bond donors (Lipinski definition) is 1. The highest BCUT2D eigenvalue weighted by atomic mass is 35.5. The van der Waals surface area contributed by atoms with E-state index < -0.39 is 0 Å².